The standard InChI is InChI=1S/C12H18N2O2/c1-8-6-11(16-4)9(2)5-10(8)7-12(15)14-13-3/h5-6,13H,7H2,1-4H3,(H,14,15). The highest BCUT2D eigenvalue weighted by Crippen LogP contribution is 2.22. The van der Waals surface area contributed by atoms with E-state index >= 15 is 0 Å². The third-order valence-electron chi connectivity index (χ3n) is 2.47. The molecule has 0 unspecified atom stereocenters. The third-order valence-corrected chi connectivity index (χ3v) is 2.47. The molecule has 0 aliphatic heterocycles. The minimum atomic E-state index is -0.0461. The Bertz CT molecular complexity index is 389. The lowest BCUT2D eigenvalue weighted by molar-refractivity contribution is -0.121. The van der Waals surface area contributed by atoms with Crippen LogP contribution in [-0.4, -0.2) is 20.1 Å². The quantitative estimate of drug-likeness (QED) is 0.750. The van der Waals surface area contributed by atoms with Crippen LogP contribution in [0.1, 0.15) is 16.7 Å². The van der Waals surface area contributed by atoms with Gasteiger partial charge in [0, 0.05) is 7.05 Å². The van der Waals surface area contributed by atoms with E-state index in [9.17, 15) is 4.79 Å². The Kier molecular flexibility index (Phi) is 4.31. The van der Waals surface area contributed by atoms with Crippen LogP contribution in [0.5, 0.6) is 5.75 Å². The summed E-state index contributed by atoms with van der Waals surface area (Å²) >= 11 is 0. The van der Waals surface area contributed by atoms with Gasteiger partial charge >= 0.3 is 0 Å². The van der Waals surface area contributed by atoms with E-state index in [0.717, 1.165) is 22.4 Å². The van der Waals surface area contributed by atoms with Crippen molar-refractivity contribution in [3.05, 3.63) is 28.8 Å². The molecule has 88 valence electrons. The van der Waals surface area contributed by atoms with E-state index in [1.165, 1.54) is 0 Å². The molecule has 4 nitrogen and oxygen atoms in total. The van der Waals surface area contributed by atoms with Crippen LogP contribution in [0.15, 0.2) is 12.1 Å². The minimum absolute atomic E-state index is 0.0461. The molecule has 0 saturated carbocycles. The molecule has 0 saturated heterocycles. The highest BCUT2D eigenvalue weighted by Gasteiger charge is 2.08. The van der Waals surface area contributed by atoms with Gasteiger partial charge in [0.25, 0.3) is 0 Å². The molecule has 0 heterocycles. The molecule has 0 aliphatic rings. The van der Waals surface area contributed by atoms with Gasteiger partial charge in [-0.25, -0.2) is 5.43 Å². The van der Waals surface area contributed by atoms with Crippen LogP contribution in [0, 0.1) is 13.8 Å². The van der Waals surface area contributed by atoms with Crippen molar-refractivity contribution in [2.45, 2.75) is 20.3 Å². The Morgan fingerprint density at radius 3 is 2.56 bits per heavy atom. The molecule has 2 N–H and O–H groups in total. The summed E-state index contributed by atoms with van der Waals surface area (Å²) in [7, 11) is 3.32. The average molecular weight is 222 g/mol. The number of carbonyl (C=O) groups excluding carboxylic acids is 1. The number of carbonyl (C=O) groups is 1. The first kappa shape index (κ1) is 12.5. The van der Waals surface area contributed by atoms with Gasteiger partial charge in [-0.05, 0) is 36.6 Å². The minimum Gasteiger partial charge on any atom is -0.496 e. The number of methoxy groups -OCH3 is 1. The van der Waals surface area contributed by atoms with Gasteiger partial charge in [0.05, 0.1) is 13.5 Å². The first-order valence-electron chi connectivity index (χ1n) is 5.18. The molecule has 1 aromatic carbocycles. The number of hydrogen-bond acceptors (Lipinski definition) is 3. The predicted octanol–water partition coefficient (Wildman–Crippen LogP) is 1.11. The first-order valence-corrected chi connectivity index (χ1v) is 5.18. The fourth-order valence-corrected chi connectivity index (χ4v) is 1.62. The lowest BCUT2D eigenvalue weighted by atomic mass is 10.0. The maximum Gasteiger partial charge on any atom is 0.238 e. The Labute approximate surface area is 96.0 Å². The molecule has 0 atom stereocenters. The number of hydrazine groups is 1. The largest absolute Gasteiger partial charge is 0.496 e. The smallest absolute Gasteiger partial charge is 0.238 e. The van der Waals surface area contributed by atoms with Gasteiger partial charge in [-0.3, -0.25) is 10.2 Å². The monoisotopic (exact) mass is 222 g/mol. The zero-order valence-electron chi connectivity index (χ0n) is 10.2. The van der Waals surface area contributed by atoms with Gasteiger partial charge in [0.2, 0.25) is 5.91 Å². The molecule has 4 heteroatoms. The SMILES string of the molecule is CNNC(=O)Cc1cc(C)c(OC)cc1C. The molecule has 0 spiro atoms. The summed E-state index contributed by atoms with van der Waals surface area (Å²) in [6.07, 6.45) is 0.373. The third kappa shape index (κ3) is 2.97. The molecule has 1 amide bonds. The van der Waals surface area contributed by atoms with Crippen molar-refractivity contribution in [2.24, 2.45) is 0 Å². The Morgan fingerprint density at radius 1 is 1.31 bits per heavy atom. The molecular formula is C12H18N2O2. The fraction of sp³-hybridized carbons (Fsp3) is 0.417. The van der Waals surface area contributed by atoms with Crippen LogP contribution < -0.4 is 15.6 Å². The Balaban J connectivity index is 2.89. The highest BCUT2D eigenvalue weighted by molar-refractivity contribution is 5.78. The van der Waals surface area contributed by atoms with E-state index in [0.29, 0.717) is 6.42 Å². The van der Waals surface area contributed by atoms with E-state index in [4.69, 9.17) is 4.74 Å². The van der Waals surface area contributed by atoms with Crippen LogP contribution in [-0.2, 0) is 11.2 Å². The van der Waals surface area contributed by atoms with E-state index < -0.39 is 0 Å². The van der Waals surface area contributed by atoms with Crippen molar-refractivity contribution in [1.29, 1.82) is 0 Å². The number of ether oxygens (including phenoxy) is 1. The number of amides is 1. The normalized spacial score (nSPS) is 10.0. The molecule has 1 rings (SSSR count). The van der Waals surface area contributed by atoms with Crippen molar-refractivity contribution < 1.29 is 9.53 Å². The zero-order valence-corrected chi connectivity index (χ0v) is 10.2. The van der Waals surface area contributed by atoms with Crippen molar-refractivity contribution in [1.82, 2.24) is 10.9 Å². The summed E-state index contributed by atoms with van der Waals surface area (Å²) in [5.74, 6) is 0.811. The van der Waals surface area contributed by atoms with Gasteiger partial charge in [-0.15, -0.1) is 0 Å². The van der Waals surface area contributed by atoms with Crippen molar-refractivity contribution >= 4 is 5.91 Å². The van der Waals surface area contributed by atoms with Crippen LogP contribution in [0.2, 0.25) is 0 Å². The maximum atomic E-state index is 11.4. The number of hydrogen-bond donors (Lipinski definition) is 2. The summed E-state index contributed by atoms with van der Waals surface area (Å²) in [6.45, 7) is 3.95. The van der Waals surface area contributed by atoms with Gasteiger partial charge in [0.1, 0.15) is 5.75 Å². The summed E-state index contributed by atoms with van der Waals surface area (Å²) in [5, 5.41) is 0. The molecule has 0 radical (unpaired) electrons. The molecule has 0 fully saturated rings. The summed E-state index contributed by atoms with van der Waals surface area (Å²) in [5.41, 5.74) is 8.29. The van der Waals surface area contributed by atoms with E-state index in [-0.39, 0.29) is 5.91 Å². The van der Waals surface area contributed by atoms with E-state index in [1.807, 2.05) is 26.0 Å². The second-order valence-corrected chi connectivity index (χ2v) is 3.72. The second kappa shape index (κ2) is 5.51. The molecule has 16 heavy (non-hydrogen) atoms. The van der Waals surface area contributed by atoms with Gasteiger partial charge in [-0.1, -0.05) is 6.07 Å². The predicted molar refractivity (Wildman–Crippen MR) is 63.4 cm³/mol. The van der Waals surface area contributed by atoms with E-state index in [1.54, 1.807) is 14.2 Å². The van der Waals surface area contributed by atoms with Crippen molar-refractivity contribution in [2.75, 3.05) is 14.2 Å². The summed E-state index contributed by atoms with van der Waals surface area (Å²) in [6, 6.07) is 3.95. The number of nitrogens with one attached hydrogen (secondary N) is 2. The zero-order chi connectivity index (χ0) is 12.1. The molecule has 0 bridgehead atoms. The lowest BCUT2D eigenvalue weighted by Gasteiger charge is -2.11. The Morgan fingerprint density at radius 2 is 2.00 bits per heavy atom. The van der Waals surface area contributed by atoms with Crippen LogP contribution >= 0.6 is 0 Å². The van der Waals surface area contributed by atoms with Crippen molar-refractivity contribution in [3.63, 3.8) is 0 Å². The molecular weight excluding hydrogens is 204 g/mol. The molecule has 1 aromatic rings. The number of benzene rings is 1. The first-order chi connectivity index (χ1) is 7.58. The summed E-state index contributed by atoms with van der Waals surface area (Å²) < 4.78 is 5.22. The number of aryl methyl sites for hydroxylation is 2. The fourth-order valence-electron chi connectivity index (χ4n) is 1.62. The second-order valence-electron chi connectivity index (χ2n) is 3.72. The van der Waals surface area contributed by atoms with Gasteiger partial charge < -0.3 is 4.74 Å². The summed E-state index contributed by atoms with van der Waals surface area (Å²) in [4.78, 5) is 11.4. The average Bonchev–Trinajstić information content (AvgIpc) is 2.23. The van der Waals surface area contributed by atoms with E-state index in [2.05, 4.69) is 10.9 Å². The maximum absolute atomic E-state index is 11.4. The lowest BCUT2D eigenvalue weighted by Crippen LogP contribution is -2.35. The van der Waals surface area contributed by atoms with Gasteiger partial charge in [-0.2, -0.15) is 0 Å². The van der Waals surface area contributed by atoms with Crippen LogP contribution in [0.4, 0.5) is 0 Å². The number of rotatable bonds is 4. The molecule has 0 aliphatic carbocycles. The highest BCUT2D eigenvalue weighted by atomic mass is 16.5. The van der Waals surface area contributed by atoms with Crippen LogP contribution in [0.25, 0.3) is 0 Å². The van der Waals surface area contributed by atoms with Gasteiger partial charge in [0.15, 0.2) is 0 Å². The molecule has 0 aromatic heterocycles. The van der Waals surface area contributed by atoms with Crippen molar-refractivity contribution in [3.8, 4) is 5.75 Å². The van der Waals surface area contributed by atoms with Crippen LogP contribution in [0.3, 0.4) is 0 Å². The Hall–Kier alpha value is -1.55. The topological polar surface area (TPSA) is 50.4 Å².